The molecule has 3 aromatic rings. The van der Waals surface area contributed by atoms with Gasteiger partial charge in [-0.25, -0.2) is 15.0 Å². The van der Waals surface area contributed by atoms with Crippen LogP contribution < -0.4 is 37.2 Å². The molecule has 382 valence electrons. The molecule has 3 atom stereocenters. The second-order valence-corrected chi connectivity index (χ2v) is 18.7. The second kappa shape index (κ2) is 33.1. The van der Waals surface area contributed by atoms with E-state index in [1.165, 1.54) is 12.4 Å². The molecule has 4 amide bonds. The van der Waals surface area contributed by atoms with Crippen LogP contribution in [0.5, 0.6) is 0 Å². The Balaban J connectivity index is 0.743. The summed E-state index contributed by atoms with van der Waals surface area (Å²) < 4.78 is 16.9. The van der Waals surface area contributed by atoms with Crippen molar-refractivity contribution >= 4 is 64.3 Å². The van der Waals surface area contributed by atoms with E-state index in [1.807, 2.05) is 55.2 Å². The Morgan fingerprint density at radius 2 is 1.43 bits per heavy atom. The molecule has 70 heavy (non-hydrogen) atoms. The van der Waals surface area contributed by atoms with Gasteiger partial charge in [0.05, 0.1) is 26.4 Å². The second-order valence-electron chi connectivity index (χ2n) is 17.5. The highest BCUT2D eigenvalue weighted by Crippen LogP contribution is 2.40. The number of amides is 4. The average Bonchev–Trinajstić information content (AvgIpc) is 3.90. The van der Waals surface area contributed by atoms with Gasteiger partial charge in [-0.2, -0.15) is 11.8 Å². The summed E-state index contributed by atoms with van der Waals surface area (Å²) in [5.41, 5.74) is 1.83. The summed E-state index contributed by atoms with van der Waals surface area (Å²) in [6.07, 6.45) is 14.3. The number of benzene rings is 1. The summed E-state index contributed by atoms with van der Waals surface area (Å²) in [4.78, 5) is 63.9. The number of unbranched alkanes of at least 4 members (excludes halogenated alkanes) is 2. The molecule has 2 aromatic heterocycles. The number of nitrogens with zero attached hydrogens (tertiary/aromatic N) is 4. The van der Waals surface area contributed by atoms with Crippen LogP contribution in [0.25, 0.3) is 0 Å². The summed E-state index contributed by atoms with van der Waals surface area (Å²) in [5, 5.41) is 22.1. The van der Waals surface area contributed by atoms with Gasteiger partial charge >= 0.3 is 0 Å². The standard InChI is InChI=1S/C51H75N11O7S/c1-39(52-25-13-29-67-31-33-69-34-32-68-30-14-26-54-48(63)21-7-6-18-43-41-35-51(66)58-42(41)37-70-43)15-10-22-49(64)53-24-8-9-27-62(2)28-12-23-50(65)61-45-20-11-19-44(59-45)60-47-36-46(55-38-56-47)57-40-16-4-3-5-17-40/h3-5,11-12,16-17,19-20,23,36,38,41-43,52H,1,6-10,13-15,18,21-22,24-35,37H2,2H3,(H,53,64)(H,54,63)(H,58,66)(H3,55,56,57,59,60,61,65)/b23-12+/t41-,42-,43-/m0/s1. The Bertz CT molecular complexity index is 2070. The summed E-state index contributed by atoms with van der Waals surface area (Å²) in [5.74, 6) is 3.67. The van der Waals surface area contributed by atoms with Crippen LogP contribution in [0, 0.1) is 5.92 Å². The average molecular weight is 986 g/mol. The molecule has 2 fully saturated rings. The molecule has 0 aliphatic carbocycles. The molecule has 5 rings (SSSR count). The molecule has 2 saturated heterocycles. The van der Waals surface area contributed by atoms with Crippen molar-refractivity contribution in [2.45, 2.75) is 88.3 Å². The van der Waals surface area contributed by atoms with Gasteiger partial charge in [0.2, 0.25) is 23.6 Å². The lowest BCUT2D eigenvalue weighted by molar-refractivity contribution is -0.122. The number of aromatic nitrogens is 3. The minimum absolute atomic E-state index is 0.0469. The Morgan fingerprint density at radius 3 is 2.19 bits per heavy atom. The van der Waals surface area contributed by atoms with Crippen molar-refractivity contribution < 1.29 is 33.4 Å². The van der Waals surface area contributed by atoms with Crippen LogP contribution >= 0.6 is 11.8 Å². The van der Waals surface area contributed by atoms with Crippen molar-refractivity contribution in [1.29, 1.82) is 0 Å². The first-order valence-corrected chi connectivity index (χ1v) is 25.9. The molecule has 4 heterocycles. The fourth-order valence-corrected chi connectivity index (χ4v) is 9.53. The van der Waals surface area contributed by atoms with Gasteiger partial charge in [0.25, 0.3) is 0 Å². The van der Waals surface area contributed by atoms with E-state index in [-0.39, 0.29) is 23.6 Å². The number of carbonyl (C=O) groups is 4. The number of pyridine rings is 1. The number of anilines is 5. The summed E-state index contributed by atoms with van der Waals surface area (Å²) in [6, 6.07) is 17.2. The van der Waals surface area contributed by atoms with Crippen molar-refractivity contribution in [3.8, 4) is 0 Å². The van der Waals surface area contributed by atoms with Crippen molar-refractivity contribution in [3.63, 3.8) is 0 Å². The molecule has 18 nitrogen and oxygen atoms in total. The zero-order valence-electron chi connectivity index (χ0n) is 40.9. The van der Waals surface area contributed by atoms with Crippen molar-refractivity contribution in [2.24, 2.45) is 5.92 Å². The van der Waals surface area contributed by atoms with Gasteiger partial charge < -0.3 is 56.3 Å². The van der Waals surface area contributed by atoms with Crippen LogP contribution in [0.2, 0.25) is 0 Å². The maximum atomic E-state index is 12.6. The number of hydrogen-bond donors (Lipinski definition) is 7. The van der Waals surface area contributed by atoms with Gasteiger partial charge in [-0.3, -0.25) is 19.2 Å². The number of carbonyl (C=O) groups excluding carboxylic acids is 4. The highest BCUT2D eigenvalue weighted by molar-refractivity contribution is 8.00. The van der Waals surface area contributed by atoms with E-state index in [0.29, 0.717) is 119 Å². The highest BCUT2D eigenvalue weighted by Gasteiger charge is 2.42. The number of likely N-dealkylation sites (N-methyl/N-ethyl adjacent to an activating group) is 1. The third kappa shape index (κ3) is 23.3. The number of nitrogens with one attached hydrogen (secondary N) is 7. The lowest BCUT2D eigenvalue weighted by Crippen LogP contribution is -2.29. The number of rotatable bonds is 37. The topological polar surface area (TPSA) is 222 Å². The monoisotopic (exact) mass is 986 g/mol. The van der Waals surface area contributed by atoms with Crippen LogP contribution in [-0.2, 0) is 33.4 Å². The number of para-hydroxylation sites is 1. The number of allylic oxidation sites excluding steroid dienone is 1. The van der Waals surface area contributed by atoms with Crippen molar-refractivity contribution in [3.05, 3.63) is 85.4 Å². The van der Waals surface area contributed by atoms with Crippen LogP contribution in [-0.4, -0.2) is 140 Å². The summed E-state index contributed by atoms with van der Waals surface area (Å²) in [7, 11) is 2.00. The van der Waals surface area contributed by atoms with E-state index in [4.69, 9.17) is 14.2 Å². The predicted molar refractivity (Wildman–Crippen MR) is 277 cm³/mol. The number of fused-ring (bicyclic) bond motifs is 1. The maximum Gasteiger partial charge on any atom is 0.249 e. The summed E-state index contributed by atoms with van der Waals surface area (Å²) >= 11 is 1.97. The molecule has 2 aliphatic heterocycles. The van der Waals surface area contributed by atoms with Crippen molar-refractivity contribution in [1.82, 2.24) is 41.1 Å². The van der Waals surface area contributed by atoms with Crippen LogP contribution in [0.4, 0.5) is 29.0 Å². The number of thioether (sulfide) groups is 1. The molecule has 7 N–H and O–H groups in total. The van der Waals surface area contributed by atoms with E-state index in [9.17, 15) is 19.2 Å². The van der Waals surface area contributed by atoms with Gasteiger partial charge in [-0.1, -0.05) is 43.3 Å². The van der Waals surface area contributed by atoms with E-state index < -0.39 is 0 Å². The Labute approximate surface area is 418 Å². The maximum absolute atomic E-state index is 12.6. The van der Waals surface area contributed by atoms with Gasteiger partial charge in [0.15, 0.2) is 0 Å². The molecule has 0 saturated carbocycles. The Kier molecular flexibility index (Phi) is 26.1. The molecule has 0 radical (unpaired) electrons. The molecule has 0 spiro atoms. The fourth-order valence-electron chi connectivity index (χ4n) is 7.88. The minimum Gasteiger partial charge on any atom is -0.389 e. The van der Waals surface area contributed by atoms with Crippen molar-refractivity contribution in [2.75, 3.05) is 101 Å². The largest absolute Gasteiger partial charge is 0.389 e. The predicted octanol–water partition coefficient (Wildman–Crippen LogP) is 6.08. The lowest BCUT2D eigenvalue weighted by atomic mass is 9.94. The Morgan fingerprint density at radius 1 is 0.757 bits per heavy atom. The molecule has 0 bridgehead atoms. The zero-order chi connectivity index (χ0) is 49.4. The third-order valence-corrected chi connectivity index (χ3v) is 13.2. The molecule has 19 heteroatoms. The quantitative estimate of drug-likeness (QED) is 0.0257. The molecular formula is C51H75N11O7S. The molecule has 2 aliphatic rings. The van der Waals surface area contributed by atoms with Gasteiger partial charge in [0.1, 0.15) is 29.6 Å². The first-order chi connectivity index (χ1) is 34.2. The normalized spacial score (nSPS) is 16.2. The number of ether oxygens (including phenoxy) is 3. The molecule has 0 unspecified atom stereocenters. The van der Waals surface area contributed by atoms with E-state index in [2.05, 4.69) is 63.6 Å². The molecular weight excluding hydrogens is 911 g/mol. The van der Waals surface area contributed by atoms with E-state index in [0.717, 1.165) is 88.0 Å². The lowest BCUT2D eigenvalue weighted by Gasteiger charge is -2.15. The van der Waals surface area contributed by atoms with Crippen LogP contribution in [0.15, 0.2) is 85.4 Å². The first kappa shape index (κ1) is 55.3. The third-order valence-electron chi connectivity index (χ3n) is 11.6. The minimum atomic E-state index is -0.274. The smallest absolute Gasteiger partial charge is 0.249 e. The summed E-state index contributed by atoms with van der Waals surface area (Å²) in [6.45, 7) is 10.7. The SMILES string of the molecule is C=C(CCCC(=O)NCCCCN(C)C/C=C/C(=O)Nc1cccc(Nc2cc(Nc3ccccc3)ncn2)n1)NCCCOCCOCCOCCCNC(=O)CCCC[C@@H]1SC[C@@H]2NC(=O)C[C@@H]21. The zero-order valence-corrected chi connectivity index (χ0v) is 41.7. The van der Waals surface area contributed by atoms with Gasteiger partial charge in [0, 0.05) is 105 Å². The molecule has 1 aromatic carbocycles. The van der Waals surface area contributed by atoms with Crippen LogP contribution in [0.1, 0.15) is 77.0 Å². The number of hydrogen-bond acceptors (Lipinski definition) is 15. The van der Waals surface area contributed by atoms with Gasteiger partial charge in [-0.15, -0.1) is 0 Å². The first-order valence-electron chi connectivity index (χ1n) is 24.8. The van der Waals surface area contributed by atoms with E-state index in [1.54, 1.807) is 24.3 Å². The Hall–Kier alpha value is -5.60. The fraction of sp³-hybridized carbons (Fsp3) is 0.549. The van der Waals surface area contributed by atoms with Gasteiger partial charge in [-0.05, 0) is 89.2 Å². The van der Waals surface area contributed by atoms with Crippen LogP contribution in [0.3, 0.4) is 0 Å². The highest BCUT2D eigenvalue weighted by atomic mass is 32.2. The van der Waals surface area contributed by atoms with E-state index >= 15 is 0 Å².